The van der Waals surface area contributed by atoms with Crippen molar-refractivity contribution in [1.29, 1.82) is 0 Å². The summed E-state index contributed by atoms with van der Waals surface area (Å²) in [6.07, 6.45) is -2.71. The second kappa shape index (κ2) is 6.67. The molecule has 126 valence electrons. The summed E-state index contributed by atoms with van der Waals surface area (Å²) in [5, 5.41) is 12.1. The van der Waals surface area contributed by atoms with Crippen LogP contribution in [0.3, 0.4) is 0 Å². The lowest BCUT2D eigenvalue weighted by Crippen LogP contribution is -2.47. The van der Waals surface area contributed by atoms with Gasteiger partial charge in [0, 0.05) is 32.7 Å². The minimum atomic E-state index is -4.26. The minimum absolute atomic E-state index is 0.0877. The number of piperazine rings is 1. The first-order chi connectivity index (χ1) is 11.0. The van der Waals surface area contributed by atoms with Crippen molar-refractivity contribution in [2.24, 2.45) is 0 Å². The van der Waals surface area contributed by atoms with Gasteiger partial charge < -0.3 is 9.64 Å². The van der Waals surface area contributed by atoms with Gasteiger partial charge in [-0.3, -0.25) is 4.90 Å². The lowest BCUT2D eigenvalue weighted by molar-refractivity contribution is -0.174. The zero-order chi connectivity index (χ0) is 16.3. The number of anilines is 1. The van der Waals surface area contributed by atoms with Gasteiger partial charge in [0.05, 0.1) is 6.61 Å². The van der Waals surface area contributed by atoms with Crippen molar-refractivity contribution in [2.75, 3.05) is 50.8 Å². The molecular weight excluding hydrogens is 313 g/mol. The molecule has 0 aliphatic carbocycles. The third-order valence-corrected chi connectivity index (χ3v) is 3.66. The summed E-state index contributed by atoms with van der Waals surface area (Å²) in [5.41, 5.74) is 0.689. The van der Waals surface area contributed by atoms with E-state index in [2.05, 4.69) is 29.8 Å². The zero-order valence-electron chi connectivity index (χ0n) is 12.4. The average molecular weight is 330 g/mol. The highest BCUT2D eigenvalue weighted by molar-refractivity contribution is 5.45. The Labute approximate surface area is 130 Å². The lowest BCUT2D eigenvalue weighted by atomic mass is 10.3. The third-order valence-electron chi connectivity index (χ3n) is 3.66. The fraction of sp³-hybridized carbons (Fsp3) is 0.615. The van der Waals surface area contributed by atoms with Gasteiger partial charge in [0.15, 0.2) is 5.65 Å². The van der Waals surface area contributed by atoms with Crippen LogP contribution >= 0.6 is 0 Å². The summed E-state index contributed by atoms with van der Waals surface area (Å²) in [6, 6.07) is 3.75. The summed E-state index contributed by atoms with van der Waals surface area (Å²) in [7, 11) is 0. The number of rotatable bonds is 5. The van der Waals surface area contributed by atoms with Gasteiger partial charge in [-0.2, -0.15) is 17.7 Å². The number of aromatic nitrogens is 4. The second-order valence-electron chi connectivity index (χ2n) is 5.32. The van der Waals surface area contributed by atoms with Gasteiger partial charge in [0.25, 0.3) is 0 Å². The van der Waals surface area contributed by atoms with E-state index < -0.39 is 12.8 Å². The van der Waals surface area contributed by atoms with E-state index in [4.69, 9.17) is 0 Å². The van der Waals surface area contributed by atoms with Gasteiger partial charge in [-0.15, -0.1) is 15.3 Å². The van der Waals surface area contributed by atoms with Gasteiger partial charge in [-0.25, -0.2) is 0 Å². The van der Waals surface area contributed by atoms with Crippen LogP contribution in [0.25, 0.3) is 5.65 Å². The molecule has 1 saturated heterocycles. The Hall–Kier alpha value is -1.94. The fourth-order valence-electron chi connectivity index (χ4n) is 2.47. The molecule has 0 saturated carbocycles. The quantitative estimate of drug-likeness (QED) is 0.757. The summed E-state index contributed by atoms with van der Waals surface area (Å²) < 4.78 is 42.2. The molecule has 3 rings (SSSR count). The molecule has 1 aliphatic rings. The first-order valence-electron chi connectivity index (χ1n) is 7.30. The predicted molar refractivity (Wildman–Crippen MR) is 76.3 cm³/mol. The molecule has 0 radical (unpaired) electrons. The molecule has 2 aromatic heterocycles. The zero-order valence-corrected chi connectivity index (χ0v) is 12.4. The van der Waals surface area contributed by atoms with E-state index in [1.807, 2.05) is 12.1 Å². The van der Waals surface area contributed by atoms with Crippen LogP contribution in [0, 0.1) is 0 Å². The van der Waals surface area contributed by atoms with Gasteiger partial charge in [0.1, 0.15) is 18.8 Å². The first-order valence-corrected chi connectivity index (χ1v) is 7.30. The van der Waals surface area contributed by atoms with E-state index in [0.717, 1.165) is 32.0 Å². The van der Waals surface area contributed by atoms with Crippen LogP contribution in [0.1, 0.15) is 0 Å². The molecule has 0 spiro atoms. The smallest absolute Gasteiger partial charge is 0.371 e. The van der Waals surface area contributed by atoms with Crippen molar-refractivity contribution in [2.45, 2.75) is 6.18 Å². The van der Waals surface area contributed by atoms with Crippen LogP contribution in [-0.4, -0.2) is 76.8 Å². The lowest BCUT2D eigenvalue weighted by Gasteiger charge is -2.35. The van der Waals surface area contributed by atoms with Crippen molar-refractivity contribution >= 4 is 11.5 Å². The van der Waals surface area contributed by atoms with Crippen LogP contribution in [0.5, 0.6) is 0 Å². The number of hydrogen-bond donors (Lipinski definition) is 0. The molecule has 23 heavy (non-hydrogen) atoms. The second-order valence-corrected chi connectivity index (χ2v) is 5.32. The van der Waals surface area contributed by atoms with E-state index >= 15 is 0 Å². The Kier molecular flexibility index (Phi) is 4.62. The topological polar surface area (TPSA) is 58.8 Å². The van der Waals surface area contributed by atoms with Crippen LogP contribution in [0.4, 0.5) is 19.0 Å². The highest BCUT2D eigenvalue weighted by atomic mass is 19.4. The van der Waals surface area contributed by atoms with Gasteiger partial charge in [-0.05, 0) is 12.1 Å². The van der Waals surface area contributed by atoms with Crippen molar-refractivity contribution in [3.63, 3.8) is 0 Å². The molecule has 0 aromatic carbocycles. The number of alkyl halides is 3. The Morgan fingerprint density at radius 3 is 2.65 bits per heavy atom. The van der Waals surface area contributed by atoms with E-state index in [0.29, 0.717) is 12.2 Å². The molecule has 1 fully saturated rings. The molecule has 7 nitrogen and oxygen atoms in total. The number of nitrogens with zero attached hydrogens (tertiary/aromatic N) is 6. The molecule has 0 N–H and O–H groups in total. The van der Waals surface area contributed by atoms with Crippen molar-refractivity contribution in [3.05, 3.63) is 18.5 Å². The Balaban J connectivity index is 1.44. The number of fused-ring (bicyclic) bond motifs is 1. The van der Waals surface area contributed by atoms with Crippen LogP contribution in [-0.2, 0) is 4.74 Å². The number of ether oxygens (including phenoxy) is 1. The van der Waals surface area contributed by atoms with Crippen LogP contribution in [0.2, 0.25) is 0 Å². The largest absolute Gasteiger partial charge is 0.411 e. The molecule has 10 heteroatoms. The summed E-state index contributed by atoms with van der Waals surface area (Å²) >= 11 is 0. The van der Waals surface area contributed by atoms with Crippen LogP contribution < -0.4 is 4.90 Å². The highest BCUT2D eigenvalue weighted by Crippen LogP contribution is 2.15. The molecule has 0 amide bonds. The van der Waals surface area contributed by atoms with Crippen molar-refractivity contribution in [1.82, 2.24) is 24.7 Å². The maximum atomic E-state index is 12.0. The molecule has 0 unspecified atom stereocenters. The maximum Gasteiger partial charge on any atom is 0.411 e. The van der Waals surface area contributed by atoms with Crippen molar-refractivity contribution < 1.29 is 17.9 Å². The van der Waals surface area contributed by atoms with E-state index in [9.17, 15) is 13.2 Å². The van der Waals surface area contributed by atoms with E-state index in [-0.39, 0.29) is 6.61 Å². The van der Waals surface area contributed by atoms with Gasteiger partial charge >= 0.3 is 6.18 Å². The predicted octanol–water partition coefficient (Wildman–Crippen LogP) is 0.825. The van der Waals surface area contributed by atoms with E-state index in [1.54, 1.807) is 10.8 Å². The van der Waals surface area contributed by atoms with Gasteiger partial charge in [-0.1, -0.05) is 0 Å². The monoisotopic (exact) mass is 330 g/mol. The molecule has 1 aliphatic heterocycles. The van der Waals surface area contributed by atoms with E-state index in [1.165, 1.54) is 0 Å². The first kappa shape index (κ1) is 15.9. The summed E-state index contributed by atoms with van der Waals surface area (Å²) in [6.45, 7) is 2.45. The third kappa shape index (κ3) is 4.29. The minimum Gasteiger partial charge on any atom is -0.371 e. The molecule has 0 bridgehead atoms. The Bertz CT molecular complexity index is 638. The fourth-order valence-corrected chi connectivity index (χ4v) is 2.47. The number of halogens is 3. The SMILES string of the molecule is FC(F)(F)COCCN1CCN(c2ccc3nncn3n2)CC1. The average Bonchev–Trinajstić information content (AvgIpc) is 2.99. The van der Waals surface area contributed by atoms with Crippen molar-refractivity contribution in [3.8, 4) is 0 Å². The number of hydrogen-bond acceptors (Lipinski definition) is 6. The van der Waals surface area contributed by atoms with Gasteiger partial charge in [0.2, 0.25) is 0 Å². The Morgan fingerprint density at radius 2 is 1.91 bits per heavy atom. The molecule has 0 atom stereocenters. The molecule has 2 aromatic rings. The van der Waals surface area contributed by atoms with Crippen LogP contribution in [0.15, 0.2) is 18.5 Å². The highest BCUT2D eigenvalue weighted by Gasteiger charge is 2.27. The normalized spacial score (nSPS) is 17.1. The maximum absolute atomic E-state index is 12.0. The standard InChI is InChI=1S/C13H17F3N6O/c14-13(15,16)9-23-8-7-20-3-5-21(6-4-20)12-2-1-11-18-17-10-22(11)19-12/h1-2,10H,3-9H2. The summed E-state index contributed by atoms with van der Waals surface area (Å²) in [4.78, 5) is 4.22. The Morgan fingerprint density at radius 1 is 1.13 bits per heavy atom. The summed E-state index contributed by atoms with van der Waals surface area (Å²) in [5.74, 6) is 0.838. The molecular formula is C13H17F3N6O. The molecule has 3 heterocycles.